The van der Waals surface area contributed by atoms with Crippen molar-refractivity contribution in [1.29, 1.82) is 0 Å². The summed E-state index contributed by atoms with van der Waals surface area (Å²) in [5, 5.41) is 3.96. The van der Waals surface area contributed by atoms with Crippen LogP contribution in [0.4, 0.5) is 4.39 Å². The van der Waals surface area contributed by atoms with Gasteiger partial charge in [-0.15, -0.1) is 0 Å². The molecule has 128 valence electrons. The van der Waals surface area contributed by atoms with Gasteiger partial charge >= 0.3 is 0 Å². The van der Waals surface area contributed by atoms with Gasteiger partial charge in [-0.3, -0.25) is 9.88 Å². The van der Waals surface area contributed by atoms with Crippen LogP contribution in [0, 0.1) is 0 Å². The van der Waals surface area contributed by atoms with Crippen LogP contribution in [-0.4, -0.2) is 33.1 Å². The Morgan fingerprint density at radius 3 is 2.84 bits per heavy atom. The van der Waals surface area contributed by atoms with E-state index in [1.165, 1.54) is 0 Å². The number of aromatic nitrogens is 3. The first-order valence-electron chi connectivity index (χ1n) is 8.43. The number of alkyl halides is 1. The van der Waals surface area contributed by atoms with Crippen molar-refractivity contribution in [3.63, 3.8) is 0 Å². The molecule has 5 nitrogen and oxygen atoms in total. The number of rotatable bonds is 4. The van der Waals surface area contributed by atoms with Crippen molar-refractivity contribution in [3.8, 4) is 11.4 Å². The second-order valence-corrected chi connectivity index (χ2v) is 6.43. The normalized spacial score (nSPS) is 21.3. The molecule has 6 heteroatoms. The second-order valence-electron chi connectivity index (χ2n) is 6.43. The van der Waals surface area contributed by atoms with Crippen molar-refractivity contribution in [2.45, 2.75) is 25.1 Å². The topological polar surface area (TPSA) is 55.1 Å². The fourth-order valence-electron chi connectivity index (χ4n) is 3.26. The predicted octanol–water partition coefficient (Wildman–Crippen LogP) is 3.59. The molecule has 25 heavy (non-hydrogen) atoms. The van der Waals surface area contributed by atoms with E-state index in [1.54, 1.807) is 6.20 Å². The Kier molecular flexibility index (Phi) is 4.28. The molecule has 1 saturated heterocycles. The monoisotopic (exact) mass is 338 g/mol. The average molecular weight is 338 g/mol. The number of nitrogens with zero attached hydrogens (tertiary/aromatic N) is 4. The molecule has 0 amide bonds. The molecule has 0 saturated carbocycles. The molecule has 1 aromatic carbocycles. The number of hydrogen-bond donors (Lipinski definition) is 0. The summed E-state index contributed by atoms with van der Waals surface area (Å²) < 4.78 is 20.8. The largest absolute Gasteiger partial charge is 0.335 e. The first-order valence-corrected chi connectivity index (χ1v) is 8.43. The van der Waals surface area contributed by atoms with Crippen molar-refractivity contribution in [2.75, 3.05) is 13.1 Å². The number of pyridine rings is 1. The smallest absolute Gasteiger partial charge is 0.265 e. The van der Waals surface area contributed by atoms with E-state index in [9.17, 15) is 0 Å². The van der Waals surface area contributed by atoms with Crippen LogP contribution in [0.15, 0.2) is 59.4 Å². The van der Waals surface area contributed by atoms with Crippen LogP contribution in [0.3, 0.4) is 0 Å². The Bertz CT molecular complexity index is 824. The molecule has 0 spiro atoms. The number of piperidine rings is 1. The lowest BCUT2D eigenvalue weighted by atomic mass is 9.94. The lowest BCUT2D eigenvalue weighted by Gasteiger charge is -2.35. The molecule has 0 bridgehead atoms. The summed E-state index contributed by atoms with van der Waals surface area (Å²) in [6, 6.07) is 13.4. The Hall–Kier alpha value is -2.60. The van der Waals surface area contributed by atoms with Crippen LogP contribution in [0.2, 0.25) is 0 Å². The lowest BCUT2D eigenvalue weighted by molar-refractivity contribution is 0.0124. The third-order valence-corrected chi connectivity index (χ3v) is 4.49. The van der Waals surface area contributed by atoms with E-state index < -0.39 is 5.67 Å². The Labute approximate surface area is 145 Å². The summed E-state index contributed by atoms with van der Waals surface area (Å²) in [5.74, 6) is 0.499. The van der Waals surface area contributed by atoms with Crippen LogP contribution in [0.1, 0.15) is 24.3 Å². The summed E-state index contributed by atoms with van der Waals surface area (Å²) in [4.78, 5) is 10.5. The molecule has 3 heterocycles. The number of hydrogen-bond acceptors (Lipinski definition) is 5. The Morgan fingerprint density at radius 1 is 1.16 bits per heavy atom. The van der Waals surface area contributed by atoms with E-state index >= 15 is 4.39 Å². The van der Waals surface area contributed by atoms with Crippen molar-refractivity contribution < 1.29 is 8.91 Å². The van der Waals surface area contributed by atoms with E-state index in [0.29, 0.717) is 18.8 Å². The molecule has 2 aromatic heterocycles. The standard InChI is InChI=1S/C19H19FN4O/c20-19(18-22-17(23-25-18)16-7-2-1-3-8-16)9-5-11-24(14-19)13-15-6-4-10-21-12-15/h1-4,6-8,10,12H,5,9,11,13-14H2. The zero-order chi connectivity index (χ0) is 17.1. The summed E-state index contributed by atoms with van der Waals surface area (Å²) in [6.45, 7) is 1.76. The van der Waals surface area contributed by atoms with E-state index in [-0.39, 0.29) is 12.4 Å². The van der Waals surface area contributed by atoms with Gasteiger partial charge in [-0.1, -0.05) is 41.6 Å². The molecule has 1 aliphatic rings. The highest BCUT2D eigenvalue weighted by atomic mass is 19.1. The van der Waals surface area contributed by atoms with Gasteiger partial charge in [-0.2, -0.15) is 4.98 Å². The summed E-state index contributed by atoms with van der Waals surface area (Å²) >= 11 is 0. The second kappa shape index (κ2) is 6.72. The van der Waals surface area contributed by atoms with Gasteiger partial charge in [0.15, 0.2) is 0 Å². The highest BCUT2D eigenvalue weighted by Crippen LogP contribution is 2.36. The molecular formula is C19H19FN4O. The van der Waals surface area contributed by atoms with Gasteiger partial charge in [0.2, 0.25) is 11.5 Å². The zero-order valence-electron chi connectivity index (χ0n) is 13.8. The first kappa shape index (κ1) is 15.9. The quantitative estimate of drug-likeness (QED) is 0.727. The molecule has 1 aliphatic heterocycles. The minimum absolute atomic E-state index is 0.0715. The van der Waals surface area contributed by atoms with Gasteiger partial charge in [0.05, 0.1) is 0 Å². The van der Waals surface area contributed by atoms with Crippen molar-refractivity contribution in [3.05, 3.63) is 66.3 Å². The fourth-order valence-corrected chi connectivity index (χ4v) is 3.26. The summed E-state index contributed by atoms with van der Waals surface area (Å²) in [7, 11) is 0. The van der Waals surface area contributed by atoms with E-state index in [0.717, 1.165) is 24.1 Å². The van der Waals surface area contributed by atoms with Gasteiger partial charge < -0.3 is 4.52 Å². The van der Waals surface area contributed by atoms with Gasteiger partial charge in [0.25, 0.3) is 5.89 Å². The fraction of sp³-hybridized carbons (Fsp3) is 0.316. The number of halogens is 1. The van der Waals surface area contributed by atoms with Crippen molar-refractivity contribution in [2.24, 2.45) is 0 Å². The maximum Gasteiger partial charge on any atom is 0.265 e. The zero-order valence-corrected chi connectivity index (χ0v) is 13.8. The molecule has 0 aliphatic carbocycles. The maximum atomic E-state index is 15.5. The SMILES string of the molecule is FC1(c2nc(-c3ccccc3)no2)CCCN(Cc2cccnc2)C1. The maximum absolute atomic E-state index is 15.5. The van der Waals surface area contributed by atoms with E-state index in [4.69, 9.17) is 4.52 Å². The molecule has 3 aromatic rings. The number of likely N-dealkylation sites (tertiary alicyclic amines) is 1. The minimum Gasteiger partial charge on any atom is -0.335 e. The molecule has 1 unspecified atom stereocenters. The highest BCUT2D eigenvalue weighted by Gasteiger charge is 2.42. The van der Waals surface area contributed by atoms with Gasteiger partial charge in [0.1, 0.15) is 0 Å². The molecule has 1 fully saturated rings. The number of benzene rings is 1. The van der Waals surface area contributed by atoms with Crippen LogP contribution < -0.4 is 0 Å². The predicted molar refractivity (Wildman–Crippen MR) is 91.3 cm³/mol. The third kappa shape index (κ3) is 3.44. The first-order chi connectivity index (χ1) is 12.2. The minimum atomic E-state index is -1.61. The van der Waals surface area contributed by atoms with Gasteiger partial charge in [-0.05, 0) is 31.0 Å². The molecule has 0 radical (unpaired) electrons. The van der Waals surface area contributed by atoms with Crippen LogP contribution in [0.25, 0.3) is 11.4 Å². The average Bonchev–Trinajstić information content (AvgIpc) is 3.15. The van der Waals surface area contributed by atoms with Crippen molar-refractivity contribution >= 4 is 0 Å². The summed E-state index contributed by atoms with van der Waals surface area (Å²) in [6.07, 6.45) is 4.70. The van der Waals surface area contributed by atoms with Crippen LogP contribution in [0.5, 0.6) is 0 Å². The third-order valence-electron chi connectivity index (χ3n) is 4.49. The summed E-state index contributed by atoms with van der Waals surface area (Å²) in [5.41, 5.74) is 0.284. The van der Waals surface area contributed by atoms with Gasteiger partial charge in [-0.25, -0.2) is 4.39 Å². The highest BCUT2D eigenvalue weighted by molar-refractivity contribution is 5.53. The molecule has 0 N–H and O–H groups in total. The Balaban J connectivity index is 1.52. The van der Waals surface area contributed by atoms with E-state index in [1.807, 2.05) is 48.7 Å². The van der Waals surface area contributed by atoms with Crippen LogP contribution >= 0.6 is 0 Å². The molecule has 1 atom stereocenters. The van der Waals surface area contributed by atoms with Crippen LogP contribution in [-0.2, 0) is 12.2 Å². The molecular weight excluding hydrogens is 319 g/mol. The van der Waals surface area contributed by atoms with Crippen molar-refractivity contribution in [1.82, 2.24) is 20.0 Å². The lowest BCUT2D eigenvalue weighted by Crippen LogP contribution is -2.43. The Morgan fingerprint density at radius 2 is 2.04 bits per heavy atom. The van der Waals surface area contributed by atoms with Gasteiger partial charge in [0, 0.05) is 31.0 Å². The van der Waals surface area contributed by atoms with E-state index in [2.05, 4.69) is 20.0 Å². The molecule has 4 rings (SSSR count).